The molecule has 2 aromatic carbocycles. The number of rotatable bonds is 6. The van der Waals surface area contributed by atoms with Gasteiger partial charge in [0.25, 0.3) is 5.91 Å². The van der Waals surface area contributed by atoms with Gasteiger partial charge >= 0.3 is 0 Å². The van der Waals surface area contributed by atoms with E-state index < -0.39 is 24.1 Å². The second-order valence-electron chi connectivity index (χ2n) is 6.23. The van der Waals surface area contributed by atoms with Gasteiger partial charge in [0.1, 0.15) is 11.6 Å². The van der Waals surface area contributed by atoms with E-state index in [1.165, 1.54) is 25.2 Å². The molecule has 0 radical (unpaired) electrons. The van der Waals surface area contributed by atoms with E-state index in [-0.39, 0.29) is 50.6 Å². The molecule has 0 bridgehead atoms. The molecule has 0 aliphatic rings. The van der Waals surface area contributed by atoms with Gasteiger partial charge < -0.3 is 15.2 Å². The maximum absolute atomic E-state index is 14.8. The zero-order chi connectivity index (χ0) is 20.3. The molecule has 8 heteroatoms. The number of phenolic OH excluding ortho intramolecular Hbond substituents is 1. The fourth-order valence-electron chi connectivity index (χ4n) is 2.60. The van der Waals surface area contributed by atoms with Crippen LogP contribution in [0.4, 0.5) is 8.78 Å². The molecular weight excluding hydrogens is 399 g/mol. The minimum absolute atomic E-state index is 0.0733. The topological polar surface area (TPSA) is 58.6 Å². The Bertz CT molecular complexity index is 873. The van der Waals surface area contributed by atoms with Crippen molar-refractivity contribution in [2.45, 2.75) is 26.2 Å². The summed E-state index contributed by atoms with van der Waals surface area (Å²) in [5.41, 5.74) is 0.576. The molecular formula is C19H19Cl2F2NO3. The number of carbonyl (C=O) groups excluding carboxylic acids is 1. The van der Waals surface area contributed by atoms with E-state index in [0.717, 1.165) is 0 Å². The van der Waals surface area contributed by atoms with Gasteiger partial charge in [-0.2, -0.15) is 0 Å². The van der Waals surface area contributed by atoms with Gasteiger partial charge in [-0.25, -0.2) is 8.78 Å². The highest BCUT2D eigenvalue weighted by Gasteiger charge is 2.21. The molecule has 0 fully saturated rings. The summed E-state index contributed by atoms with van der Waals surface area (Å²) in [6.45, 7) is 3.10. The van der Waals surface area contributed by atoms with Crippen molar-refractivity contribution in [3.8, 4) is 11.5 Å². The van der Waals surface area contributed by atoms with E-state index >= 15 is 0 Å². The molecule has 2 rings (SSSR count). The fraction of sp³-hybridized carbons (Fsp3) is 0.316. The Morgan fingerprint density at radius 2 is 1.93 bits per heavy atom. The van der Waals surface area contributed by atoms with Gasteiger partial charge in [0.15, 0.2) is 18.2 Å². The number of amides is 1. The third kappa shape index (κ3) is 4.62. The summed E-state index contributed by atoms with van der Waals surface area (Å²) in [5.74, 6) is -2.58. The highest BCUT2D eigenvalue weighted by molar-refractivity contribution is 6.36. The number of phenols is 1. The van der Waals surface area contributed by atoms with Crippen LogP contribution < -0.4 is 10.1 Å². The van der Waals surface area contributed by atoms with E-state index in [2.05, 4.69) is 5.32 Å². The van der Waals surface area contributed by atoms with Crippen LogP contribution in [0.2, 0.25) is 10.0 Å². The summed E-state index contributed by atoms with van der Waals surface area (Å²) in [4.78, 5) is 11.2. The van der Waals surface area contributed by atoms with Crippen LogP contribution in [0.25, 0.3) is 0 Å². The molecule has 4 nitrogen and oxygen atoms in total. The highest BCUT2D eigenvalue weighted by Crippen LogP contribution is 2.37. The number of nitrogens with one attached hydrogen (secondary N) is 1. The minimum atomic E-state index is -0.886. The Hall–Kier alpha value is -2.05. The van der Waals surface area contributed by atoms with Crippen molar-refractivity contribution in [1.29, 1.82) is 0 Å². The number of hydrogen-bond donors (Lipinski definition) is 2. The molecule has 0 saturated carbocycles. The zero-order valence-corrected chi connectivity index (χ0v) is 16.5. The quantitative estimate of drug-likeness (QED) is 0.662. The normalized spacial score (nSPS) is 11.0. The number of hydrogen-bond acceptors (Lipinski definition) is 3. The smallest absolute Gasteiger partial charge is 0.257 e. The lowest BCUT2D eigenvalue weighted by Crippen LogP contribution is -2.25. The maximum Gasteiger partial charge on any atom is 0.257 e. The number of aromatic hydroxyl groups is 1. The third-order valence-corrected chi connectivity index (χ3v) is 4.77. The molecule has 0 spiro atoms. The van der Waals surface area contributed by atoms with Gasteiger partial charge in [0, 0.05) is 30.1 Å². The molecule has 0 unspecified atom stereocenters. The van der Waals surface area contributed by atoms with Crippen LogP contribution in [0.1, 0.15) is 36.5 Å². The van der Waals surface area contributed by atoms with E-state index in [4.69, 9.17) is 27.9 Å². The number of halogens is 4. The van der Waals surface area contributed by atoms with Crippen LogP contribution in [0, 0.1) is 11.6 Å². The van der Waals surface area contributed by atoms with E-state index in [0.29, 0.717) is 0 Å². The Morgan fingerprint density at radius 3 is 2.52 bits per heavy atom. The molecule has 1 amide bonds. The van der Waals surface area contributed by atoms with Gasteiger partial charge in [-0.05, 0) is 23.1 Å². The van der Waals surface area contributed by atoms with Gasteiger partial charge in [0.2, 0.25) is 0 Å². The summed E-state index contributed by atoms with van der Waals surface area (Å²) < 4.78 is 34.3. The number of benzene rings is 2. The van der Waals surface area contributed by atoms with Crippen molar-refractivity contribution in [1.82, 2.24) is 5.32 Å². The monoisotopic (exact) mass is 417 g/mol. The molecule has 2 aromatic rings. The first kappa shape index (κ1) is 21.3. The van der Waals surface area contributed by atoms with Gasteiger partial charge in [0.05, 0.1) is 5.02 Å². The molecule has 2 N–H and O–H groups in total. The Labute approximate surface area is 166 Å². The standard InChI is InChI=1S/C19H19Cl2F2NO3/c1-9(2)16-13(25)5-4-10(18(16)22)6-11-12(20)7-14(19(23)17(11)21)27-8-15(26)24-3/h4-5,7,9,25H,6,8H2,1-3H3,(H,24,26). The molecule has 0 aliphatic carbocycles. The number of ether oxygens (including phenoxy) is 1. The average molecular weight is 418 g/mol. The third-order valence-electron chi connectivity index (χ3n) is 4.04. The van der Waals surface area contributed by atoms with Crippen LogP contribution in [0.15, 0.2) is 18.2 Å². The van der Waals surface area contributed by atoms with E-state index in [1.54, 1.807) is 13.8 Å². The van der Waals surface area contributed by atoms with Gasteiger partial charge in [-0.15, -0.1) is 0 Å². The van der Waals surface area contributed by atoms with Crippen LogP contribution in [-0.4, -0.2) is 24.7 Å². The predicted molar refractivity (Wildman–Crippen MR) is 101 cm³/mol. The first-order chi connectivity index (χ1) is 12.7. The fourth-order valence-corrected chi connectivity index (χ4v) is 3.17. The van der Waals surface area contributed by atoms with Crippen LogP contribution in [0.5, 0.6) is 11.5 Å². The lowest BCUT2D eigenvalue weighted by atomic mass is 9.95. The molecule has 0 aromatic heterocycles. The average Bonchev–Trinajstić information content (AvgIpc) is 2.61. The first-order valence-corrected chi connectivity index (χ1v) is 8.92. The summed E-state index contributed by atoms with van der Waals surface area (Å²) in [7, 11) is 1.42. The Balaban J connectivity index is 2.39. The SMILES string of the molecule is CNC(=O)COc1cc(Cl)c(Cc2ccc(O)c(C(C)C)c2F)c(Cl)c1F. The minimum Gasteiger partial charge on any atom is -0.508 e. The van der Waals surface area contributed by atoms with Crippen molar-refractivity contribution >= 4 is 29.1 Å². The predicted octanol–water partition coefficient (Wildman–Crippen LogP) is 4.82. The lowest BCUT2D eigenvalue weighted by molar-refractivity contribution is -0.122. The van der Waals surface area contributed by atoms with Crippen molar-refractivity contribution < 1.29 is 23.4 Å². The second-order valence-corrected chi connectivity index (χ2v) is 7.01. The van der Waals surface area contributed by atoms with Gasteiger partial charge in [-0.1, -0.05) is 43.1 Å². The Kier molecular flexibility index (Phi) is 6.89. The van der Waals surface area contributed by atoms with Gasteiger partial charge in [-0.3, -0.25) is 4.79 Å². The zero-order valence-electron chi connectivity index (χ0n) is 15.0. The first-order valence-electron chi connectivity index (χ1n) is 8.17. The van der Waals surface area contributed by atoms with Crippen LogP contribution in [0.3, 0.4) is 0 Å². The molecule has 0 atom stereocenters. The van der Waals surface area contributed by atoms with E-state index in [9.17, 15) is 18.7 Å². The number of likely N-dealkylation sites (N-methyl/N-ethyl adjacent to an activating group) is 1. The summed E-state index contributed by atoms with van der Waals surface area (Å²) >= 11 is 12.3. The lowest BCUT2D eigenvalue weighted by Gasteiger charge is -2.16. The highest BCUT2D eigenvalue weighted by atomic mass is 35.5. The van der Waals surface area contributed by atoms with Crippen molar-refractivity contribution in [2.75, 3.05) is 13.7 Å². The van der Waals surface area contributed by atoms with Crippen LogP contribution >= 0.6 is 23.2 Å². The second kappa shape index (κ2) is 8.76. The summed E-state index contributed by atoms with van der Waals surface area (Å²) in [6.07, 6.45) is -0.0733. The maximum atomic E-state index is 14.8. The summed E-state index contributed by atoms with van der Waals surface area (Å²) in [6, 6.07) is 3.98. The molecule has 146 valence electrons. The summed E-state index contributed by atoms with van der Waals surface area (Å²) in [5, 5.41) is 12.0. The largest absolute Gasteiger partial charge is 0.508 e. The Morgan fingerprint density at radius 1 is 1.26 bits per heavy atom. The molecule has 27 heavy (non-hydrogen) atoms. The van der Waals surface area contributed by atoms with Crippen molar-refractivity contribution in [3.05, 3.63) is 56.6 Å². The van der Waals surface area contributed by atoms with E-state index in [1.807, 2.05) is 0 Å². The molecule has 0 heterocycles. The molecule has 0 saturated heterocycles. The van der Waals surface area contributed by atoms with Crippen molar-refractivity contribution in [3.63, 3.8) is 0 Å². The van der Waals surface area contributed by atoms with Crippen LogP contribution in [-0.2, 0) is 11.2 Å². The van der Waals surface area contributed by atoms with Crippen molar-refractivity contribution in [2.24, 2.45) is 0 Å². The molecule has 0 aliphatic heterocycles. The number of carbonyl (C=O) groups is 1.